The SMILES string of the molecule is Cc1ccccc1-c1nc2ccccc2n1Cc1ccc(Cl)cc1. The Morgan fingerprint density at radius 1 is 0.875 bits per heavy atom. The van der Waals surface area contributed by atoms with Gasteiger partial charge in [0.15, 0.2) is 0 Å². The molecule has 118 valence electrons. The summed E-state index contributed by atoms with van der Waals surface area (Å²) in [5.74, 6) is 1.00. The molecule has 0 aliphatic heterocycles. The Morgan fingerprint density at radius 2 is 1.58 bits per heavy atom. The van der Waals surface area contributed by atoms with Gasteiger partial charge in [0.1, 0.15) is 5.82 Å². The van der Waals surface area contributed by atoms with Gasteiger partial charge < -0.3 is 4.57 Å². The Balaban J connectivity index is 1.90. The third-order valence-corrected chi connectivity index (χ3v) is 4.55. The average molecular weight is 333 g/mol. The van der Waals surface area contributed by atoms with E-state index in [0.29, 0.717) is 0 Å². The second-order valence-electron chi connectivity index (χ2n) is 5.95. The molecule has 0 fully saturated rings. The summed E-state index contributed by atoms with van der Waals surface area (Å²) in [7, 11) is 0. The number of imidazole rings is 1. The van der Waals surface area contributed by atoms with Crippen molar-refractivity contribution in [3.63, 3.8) is 0 Å². The molecular weight excluding hydrogens is 316 g/mol. The van der Waals surface area contributed by atoms with Crippen LogP contribution in [0.1, 0.15) is 11.1 Å². The van der Waals surface area contributed by atoms with Crippen LogP contribution in [0, 0.1) is 6.92 Å². The van der Waals surface area contributed by atoms with E-state index in [0.717, 1.165) is 28.4 Å². The molecule has 3 heteroatoms. The van der Waals surface area contributed by atoms with Gasteiger partial charge in [-0.2, -0.15) is 0 Å². The summed E-state index contributed by atoms with van der Waals surface area (Å²) in [5.41, 5.74) is 5.76. The Bertz CT molecular complexity index is 1000. The molecule has 0 N–H and O–H groups in total. The van der Waals surface area contributed by atoms with Crippen LogP contribution >= 0.6 is 11.6 Å². The Hall–Kier alpha value is -2.58. The zero-order valence-corrected chi connectivity index (χ0v) is 14.2. The average Bonchev–Trinajstić information content (AvgIpc) is 2.96. The minimum atomic E-state index is 0.758. The third kappa shape index (κ3) is 2.70. The molecule has 0 bridgehead atoms. The molecule has 4 rings (SSSR count). The zero-order chi connectivity index (χ0) is 16.5. The van der Waals surface area contributed by atoms with E-state index < -0.39 is 0 Å². The van der Waals surface area contributed by atoms with Gasteiger partial charge in [0.05, 0.1) is 11.0 Å². The van der Waals surface area contributed by atoms with Crippen molar-refractivity contribution in [2.75, 3.05) is 0 Å². The summed E-state index contributed by atoms with van der Waals surface area (Å²) in [4.78, 5) is 4.89. The summed E-state index contributed by atoms with van der Waals surface area (Å²) in [6.45, 7) is 2.89. The first-order chi connectivity index (χ1) is 11.7. The van der Waals surface area contributed by atoms with E-state index in [4.69, 9.17) is 16.6 Å². The van der Waals surface area contributed by atoms with Crippen LogP contribution in [0.15, 0.2) is 72.8 Å². The fraction of sp³-hybridized carbons (Fsp3) is 0.0952. The molecule has 3 aromatic carbocycles. The quantitative estimate of drug-likeness (QED) is 0.469. The van der Waals surface area contributed by atoms with Crippen molar-refractivity contribution in [2.24, 2.45) is 0 Å². The summed E-state index contributed by atoms with van der Waals surface area (Å²) in [5, 5.41) is 0.758. The van der Waals surface area contributed by atoms with Gasteiger partial charge in [0.2, 0.25) is 0 Å². The minimum Gasteiger partial charge on any atom is -0.319 e. The van der Waals surface area contributed by atoms with Crippen LogP contribution < -0.4 is 0 Å². The number of hydrogen-bond acceptors (Lipinski definition) is 1. The first-order valence-corrected chi connectivity index (χ1v) is 8.36. The van der Waals surface area contributed by atoms with E-state index in [1.807, 2.05) is 18.2 Å². The summed E-state index contributed by atoms with van der Waals surface area (Å²) < 4.78 is 2.28. The van der Waals surface area contributed by atoms with Crippen LogP contribution in [0.5, 0.6) is 0 Å². The maximum Gasteiger partial charge on any atom is 0.141 e. The number of halogens is 1. The van der Waals surface area contributed by atoms with Gasteiger partial charge >= 0.3 is 0 Å². The summed E-state index contributed by atoms with van der Waals surface area (Å²) in [6, 6.07) is 24.7. The molecule has 24 heavy (non-hydrogen) atoms. The highest BCUT2D eigenvalue weighted by Crippen LogP contribution is 2.28. The molecule has 0 aliphatic rings. The number of rotatable bonds is 3. The standard InChI is InChI=1S/C21H17ClN2/c1-15-6-2-3-7-18(15)21-23-19-8-4-5-9-20(19)24(21)14-16-10-12-17(22)13-11-16/h2-13H,14H2,1H3. The summed E-state index contributed by atoms with van der Waals surface area (Å²) in [6.07, 6.45) is 0. The monoisotopic (exact) mass is 332 g/mol. The van der Waals surface area contributed by atoms with Gasteiger partial charge in [0, 0.05) is 17.1 Å². The fourth-order valence-electron chi connectivity index (χ4n) is 3.04. The maximum atomic E-state index is 6.02. The number of nitrogens with zero attached hydrogens (tertiary/aromatic N) is 2. The predicted molar refractivity (Wildman–Crippen MR) is 100 cm³/mol. The summed E-state index contributed by atoms with van der Waals surface area (Å²) >= 11 is 6.02. The van der Waals surface area contributed by atoms with E-state index in [1.165, 1.54) is 16.7 Å². The number of para-hydroxylation sites is 2. The van der Waals surface area contributed by atoms with E-state index in [9.17, 15) is 0 Å². The number of aryl methyl sites for hydroxylation is 1. The van der Waals surface area contributed by atoms with Crippen LogP contribution in [-0.4, -0.2) is 9.55 Å². The van der Waals surface area contributed by atoms with Crippen molar-refractivity contribution in [1.29, 1.82) is 0 Å². The molecule has 0 unspecified atom stereocenters. The lowest BCUT2D eigenvalue weighted by Gasteiger charge is -2.11. The second kappa shape index (κ2) is 6.14. The van der Waals surface area contributed by atoms with Gasteiger partial charge in [-0.05, 0) is 42.3 Å². The number of aromatic nitrogens is 2. The lowest BCUT2D eigenvalue weighted by molar-refractivity contribution is 0.833. The third-order valence-electron chi connectivity index (χ3n) is 4.29. The van der Waals surface area contributed by atoms with Crippen molar-refractivity contribution in [3.8, 4) is 11.4 Å². The lowest BCUT2D eigenvalue weighted by atomic mass is 10.1. The fourth-order valence-corrected chi connectivity index (χ4v) is 3.16. The molecule has 0 aliphatic carbocycles. The normalized spacial score (nSPS) is 11.1. The van der Waals surface area contributed by atoms with Crippen LogP contribution in [0.4, 0.5) is 0 Å². The second-order valence-corrected chi connectivity index (χ2v) is 6.39. The van der Waals surface area contributed by atoms with Crippen LogP contribution in [0.3, 0.4) is 0 Å². The predicted octanol–water partition coefficient (Wildman–Crippen LogP) is 5.71. The van der Waals surface area contributed by atoms with Crippen molar-refractivity contribution in [3.05, 3.63) is 88.9 Å². The molecule has 2 nitrogen and oxygen atoms in total. The molecule has 0 saturated carbocycles. The first-order valence-electron chi connectivity index (χ1n) is 7.98. The van der Waals surface area contributed by atoms with E-state index in [2.05, 4.69) is 66.1 Å². The van der Waals surface area contributed by atoms with Crippen LogP contribution in [0.25, 0.3) is 22.4 Å². The van der Waals surface area contributed by atoms with Crippen molar-refractivity contribution >= 4 is 22.6 Å². The van der Waals surface area contributed by atoms with Gasteiger partial charge in [-0.1, -0.05) is 60.1 Å². The number of fused-ring (bicyclic) bond motifs is 1. The molecule has 0 saturated heterocycles. The highest BCUT2D eigenvalue weighted by Gasteiger charge is 2.14. The Morgan fingerprint density at radius 3 is 2.38 bits per heavy atom. The molecule has 4 aromatic rings. The minimum absolute atomic E-state index is 0.758. The van der Waals surface area contributed by atoms with Crippen LogP contribution in [0.2, 0.25) is 5.02 Å². The van der Waals surface area contributed by atoms with Gasteiger partial charge in [-0.25, -0.2) is 4.98 Å². The molecule has 0 amide bonds. The Labute approximate surface area is 146 Å². The van der Waals surface area contributed by atoms with Gasteiger partial charge in [-0.15, -0.1) is 0 Å². The number of hydrogen-bond donors (Lipinski definition) is 0. The van der Waals surface area contributed by atoms with E-state index in [-0.39, 0.29) is 0 Å². The number of benzene rings is 3. The molecule has 0 radical (unpaired) electrons. The van der Waals surface area contributed by atoms with Gasteiger partial charge in [0.25, 0.3) is 0 Å². The van der Waals surface area contributed by atoms with Crippen molar-refractivity contribution in [2.45, 2.75) is 13.5 Å². The van der Waals surface area contributed by atoms with E-state index >= 15 is 0 Å². The van der Waals surface area contributed by atoms with Crippen LogP contribution in [-0.2, 0) is 6.54 Å². The highest BCUT2D eigenvalue weighted by atomic mass is 35.5. The molecule has 1 aromatic heterocycles. The first kappa shape index (κ1) is 15.0. The lowest BCUT2D eigenvalue weighted by Crippen LogP contribution is -2.03. The molecular formula is C21H17ClN2. The smallest absolute Gasteiger partial charge is 0.141 e. The van der Waals surface area contributed by atoms with Crippen molar-refractivity contribution < 1.29 is 0 Å². The molecule has 0 spiro atoms. The maximum absolute atomic E-state index is 6.02. The van der Waals surface area contributed by atoms with E-state index in [1.54, 1.807) is 0 Å². The Kier molecular flexibility index (Phi) is 3.83. The highest BCUT2D eigenvalue weighted by molar-refractivity contribution is 6.30. The molecule has 1 heterocycles. The topological polar surface area (TPSA) is 17.8 Å². The van der Waals surface area contributed by atoms with Crippen molar-refractivity contribution in [1.82, 2.24) is 9.55 Å². The largest absolute Gasteiger partial charge is 0.319 e. The van der Waals surface area contributed by atoms with Gasteiger partial charge in [-0.3, -0.25) is 0 Å². The zero-order valence-electron chi connectivity index (χ0n) is 13.4. The molecule has 0 atom stereocenters.